The first-order valence-corrected chi connectivity index (χ1v) is 6.02. The molecule has 0 unspecified atom stereocenters. The van der Waals surface area contributed by atoms with Crippen molar-refractivity contribution in [2.24, 2.45) is 0 Å². The Hall–Kier alpha value is -1.10. The first-order chi connectivity index (χ1) is 7.74. The predicted molar refractivity (Wildman–Crippen MR) is 65.9 cm³/mol. The smallest absolute Gasteiger partial charge is 0.274 e. The van der Waals surface area contributed by atoms with E-state index in [9.17, 15) is 4.79 Å². The number of carbonyl (C=O) groups is 1. The van der Waals surface area contributed by atoms with Crippen LogP contribution in [-0.2, 0) is 4.84 Å². The lowest BCUT2D eigenvalue weighted by Gasteiger charge is -2.01. The molecule has 2 aromatic rings. The van der Waals surface area contributed by atoms with Crippen molar-refractivity contribution >= 4 is 38.9 Å². The Labute approximate surface area is 102 Å². The number of carbonyl (C=O) groups excluding carboxylic acids is 1. The molecule has 0 aliphatic carbocycles. The van der Waals surface area contributed by atoms with Crippen LogP contribution >= 0.6 is 22.9 Å². The highest BCUT2D eigenvalue weighted by Gasteiger charge is 2.16. The van der Waals surface area contributed by atoms with Gasteiger partial charge in [0.2, 0.25) is 0 Å². The third-order valence-corrected chi connectivity index (χ3v) is 3.72. The zero-order valence-corrected chi connectivity index (χ0v) is 10.2. The van der Waals surface area contributed by atoms with Crippen LogP contribution in [0.5, 0.6) is 0 Å². The molecule has 0 saturated carbocycles. The van der Waals surface area contributed by atoms with Gasteiger partial charge in [0, 0.05) is 10.1 Å². The molecule has 0 radical (unpaired) electrons. The molecule has 1 amide bonds. The summed E-state index contributed by atoms with van der Waals surface area (Å²) < 4.78 is 0.995. The fourth-order valence-electron chi connectivity index (χ4n) is 1.34. The van der Waals surface area contributed by atoms with Crippen molar-refractivity contribution in [3.05, 3.63) is 34.2 Å². The molecule has 0 aliphatic heterocycles. The van der Waals surface area contributed by atoms with E-state index >= 15 is 0 Å². The summed E-state index contributed by atoms with van der Waals surface area (Å²) in [4.78, 5) is 17.0. The topological polar surface area (TPSA) is 38.3 Å². The van der Waals surface area contributed by atoms with Crippen molar-refractivity contribution in [3.63, 3.8) is 0 Å². The molecule has 0 spiro atoms. The summed E-state index contributed by atoms with van der Waals surface area (Å²) in [6.45, 7) is 2.22. The van der Waals surface area contributed by atoms with Gasteiger partial charge in [0.25, 0.3) is 5.91 Å². The van der Waals surface area contributed by atoms with E-state index in [-0.39, 0.29) is 5.91 Å². The Balaban J connectivity index is 2.37. The number of rotatable bonds is 3. The number of hydrogen-bond donors (Lipinski definition) is 1. The van der Waals surface area contributed by atoms with E-state index in [1.165, 1.54) is 11.3 Å². The molecule has 0 aliphatic rings. The number of amides is 1. The molecule has 5 heteroatoms. The van der Waals surface area contributed by atoms with Gasteiger partial charge in [0.1, 0.15) is 4.88 Å². The van der Waals surface area contributed by atoms with Crippen LogP contribution in [0.15, 0.2) is 24.3 Å². The van der Waals surface area contributed by atoms with Gasteiger partial charge in [-0.25, -0.2) is 5.48 Å². The number of hydrogen-bond acceptors (Lipinski definition) is 3. The molecular formula is C11H10ClNO2S. The molecule has 1 aromatic heterocycles. The lowest BCUT2D eigenvalue weighted by molar-refractivity contribution is 0.0368. The highest BCUT2D eigenvalue weighted by atomic mass is 35.5. The van der Waals surface area contributed by atoms with Crippen molar-refractivity contribution in [1.82, 2.24) is 5.48 Å². The van der Waals surface area contributed by atoms with Gasteiger partial charge in [0.15, 0.2) is 0 Å². The number of nitrogens with one attached hydrogen (secondary N) is 1. The number of benzene rings is 1. The average Bonchev–Trinajstić information content (AvgIpc) is 2.64. The van der Waals surface area contributed by atoms with Crippen molar-refractivity contribution in [1.29, 1.82) is 0 Å². The maximum absolute atomic E-state index is 11.7. The Morgan fingerprint density at radius 3 is 2.94 bits per heavy atom. The Kier molecular flexibility index (Phi) is 3.43. The second kappa shape index (κ2) is 4.82. The van der Waals surface area contributed by atoms with E-state index in [4.69, 9.17) is 16.4 Å². The zero-order valence-electron chi connectivity index (χ0n) is 8.62. The van der Waals surface area contributed by atoms with Crippen LogP contribution < -0.4 is 5.48 Å². The molecule has 1 N–H and O–H groups in total. The number of halogens is 1. The predicted octanol–water partition coefficient (Wildman–Crippen LogP) is 3.24. The van der Waals surface area contributed by atoms with Gasteiger partial charge in [-0.2, -0.15) is 0 Å². The van der Waals surface area contributed by atoms with Crippen molar-refractivity contribution in [2.45, 2.75) is 6.92 Å². The van der Waals surface area contributed by atoms with E-state index in [2.05, 4.69) is 5.48 Å². The summed E-state index contributed by atoms with van der Waals surface area (Å²) in [5, 5.41) is 1.38. The van der Waals surface area contributed by atoms with Gasteiger partial charge >= 0.3 is 0 Å². The van der Waals surface area contributed by atoms with E-state index in [0.29, 0.717) is 16.5 Å². The number of fused-ring (bicyclic) bond motifs is 1. The fraction of sp³-hybridized carbons (Fsp3) is 0.182. The molecule has 0 atom stereocenters. The van der Waals surface area contributed by atoms with E-state index in [1.807, 2.05) is 24.3 Å². The lowest BCUT2D eigenvalue weighted by Crippen LogP contribution is -2.22. The summed E-state index contributed by atoms with van der Waals surface area (Å²) in [7, 11) is 0. The molecular weight excluding hydrogens is 246 g/mol. The minimum atomic E-state index is -0.298. The maximum Gasteiger partial charge on any atom is 0.286 e. The quantitative estimate of drug-likeness (QED) is 0.855. The van der Waals surface area contributed by atoms with E-state index < -0.39 is 0 Å². The first kappa shape index (κ1) is 11.4. The molecule has 1 aromatic carbocycles. The van der Waals surface area contributed by atoms with E-state index in [0.717, 1.165) is 10.1 Å². The molecule has 84 valence electrons. The minimum absolute atomic E-state index is 0.298. The molecule has 1 heterocycles. The first-order valence-electron chi connectivity index (χ1n) is 4.83. The SMILES string of the molecule is CCONC(=O)c1sc2ccccc2c1Cl. The van der Waals surface area contributed by atoms with Crippen molar-refractivity contribution < 1.29 is 9.63 Å². The normalized spacial score (nSPS) is 10.6. The van der Waals surface area contributed by atoms with Crippen LogP contribution in [0.1, 0.15) is 16.6 Å². The number of thiophene rings is 1. The van der Waals surface area contributed by atoms with Gasteiger partial charge in [-0.05, 0) is 13.0 Å². The van der Waals surface area contributed by atoms with Gasteiger partial charge in [-0.15, -0.1) is 11.3 Å². The third-order valence-electron chi connectivity index (χ3n) is 2.05. The minimum Gasteiger partial charge on any atom is -0.274 e. The second-order valence-electron chi connectivity index (χ2n) is 3.11. The van der Waals surface area contributed by atoms with Gasteiger partial charge in [-0.3, -0.25) is 9.63 Å². The van der Waals surface area contributed by atoms with Gasteiger partial charge in [-0.1, -0.05) is 29.8 Å². The van der Waals surface area contributed by atoms with Crippen LogP contribution in [0.4, 0.5) is 0 Å². The molecule has 16 heavy (non-hydrogen) atoms. The van der Waals surface area contributed by atoms with Gasteiger partial charge < -0.3 is 0 Å². The average molecular weight is 256 g/mol. The molecule has 3 nitrogen and oxygen atoms in total. The molecule has 0 bridgehead atoms. The van der Waals surface area contributed by atoms with Crippen LogP contribution in [0, 0.1) is 0 Å². The lowest BCUT2D eigenvalue weighted by atomic mass is 10.2. The second-order valence-corrected chi connectivity index (χ2v) is 4.54. The summed E-state index contributed by atoms with van der Waals surface area (Å²) in [6.07, 6.45) is 0. The zero-order chi connectivity index (χ0) is 11.5. The molecule has 0 saturated heterocycles. The Morgan fingerprint density at radius 2 is 2.25 bits per heavy atom. The van der Waals surface area contributed by atoms with E-state index in [1.54, 1.807) is 6.92 Å². The summed E-state index contributed by atoms with van der Waals surface area (Å²) in [5.41, 5.74) is 2.34. The monoisotopic (exact) mass is 255 g/mol. The fourth-order valence-corrected chi connectivity index (χ4v) is 2.75. The standard InChI is InChI=1S/C11H10ClNO2S/c1-2-15-13-11(14)10-9(12)7-5-3-4-6-8(7)16-10/h3-6H,2H2,1H3,(H,13,14). The third kappa shape index (κ3) is 2.04. The van der Waals surface area contributed by atoms with Crippen molar-refractivity contribution in [3.8, 4) is 0 Å². The molecule has 2 rings (SSSR count). The Bertz CT molecular complexity index is 524. The van der Waals surface area contributed by atoms with Crippen LogP contribution in [0.25, 0.3) is 10.1 Å². The van der Waals surface area contributed by atoms with Gasteiger partial charge in [0.05, 0.1) is 11.6 Å². The number of hydroxylamine groups is 1. The van der Waals surface area contributed by atoms with Crippen LogP contribution in [-0.4, -0.2) is 12.5 Å². The largest absolute Gasteiger partial charge is 0.286 e. The van der Waals surface area contributed by atoms with Crippen LogP contribution in [0.3, 0.4) is 0 Å². The Morgan fingerprint density at radius 1 is 1.50 bits per heavy atom. The summed E-state index contributed by atoms with van der Waals surface area (Å²) >= 11 is 7.48. The van der Waals surface area contributed by atoms with Crippen molar-refractivity contribution in [2.75, 3.05) is 6.61 Å². The summed E-state index contributed by atoms with van der Waals surface area (Å²) in [5.74, 6) is -0.298. The highest BCUT2D eigenvalue weighted by molar-refractivity contribution is 7.21. The molecule has 0 fully saturated rings. The maximum atomic E-state index is 11.7. The summed E-state index contributed by atoms with van der Waals surface area (Å²) in [6, 6.07) is 7.64. The highest BCUT2D eigenvalue weighted by Crippen LogP contribution is 2.34. The van der Waals surface area contributed by atoms with Crippen LogP contribution in [0.2, 0.25) is 5.02 Å².